The van der Waals surface area contributed by atoms with Gasteiger partial charge < -0.3 is 15.2 Å². The van der Waals surface area contributed by atoms with Gasteiger partial charge in [0.05, 0.1) is 12.9 Å². The van der Waals surface area contributed by atoms with Crippen LogP contribution < -0.4 is 16.1 Å². The summed E-state index contributed by atoms with van der Waals surface area (Å²) >= 11 is 0. The number of benzene rings is 1. The maximum Gasteiger partial charge on any atom is 0.243 e. The number of rotatable bonds is 13. The number of unbranched alkanes of at least 4 members (excludes halogenated alkanes) is 3. The Labute approximate surface area is 182 Å². The number of hydrogen-bond acceptors (Lipinski definition) is 7. The Hall–Kier alpha value is -3.20. The van der Waals surface area contributed by atoms with Crippen LogP contribution in [0, 0.1) is 0 Å². The topological polar surface area (TPSA) is 117 Å². The summed E-state index contributed by atoms with van der Waals surface area (Å²) in [4.78, 5) is 25.0. The van der Waals surface area contributed by atoms with Crippen LogP contribution in [0.25, 0.3) is 11.2 Å². The van der Waals surface area contributed by atoms with E-state index in [9.17, 15) is 4.79 Å². The van der Waals surface area contributed by atoms with Crippen molar-refractivity contribution in [2.75, 3.05) is 23.7 Å². The molecule has 0 saturated carbocycles. The molecule has 0 aliphatic carbocycles. The van der Waals surface area contributed by atoms with Crippen LogP contribution in [0.4, 0.5) is 11.8 Å². The normalized spacial score (nSPS) is 10.9. The van der Waals surface area contributed by atoms with Gasteiger partial charge in [0.1, 0.15) is 0 Å². The van der Waals surface area contributed by atoms with E-state index in [4.69, 9.17) is 10.2 Å². The van der Waals surface area contributed by atoms with Gasteiger partial charge >= 0.3 is 0 Å². The lowest BCUT2D eigenvalue weighted by molar-refractivity contribution is -0.129. The number of nitrogens with one attached hydrogen (secondary N) is 3. The molecule has 1 aromatic carbocycles. The Kier molecular flexibility index (Phi) is 8.59. The number of hydrogen-bond donors (Lipinski definition) is 4. The second-order valence-electron chi connectivity index (χ2n) is 7.48. The molecule has 31 heavy (non-hydrogen) atoms. The molecular formula is C22H31N7O2. The number of anilines is 2. The molecule has 0 bridgehead atoms. The van der Waals surface area contributed by atoms with Gasteiger partial charge in [0.15, 0.2) is 17.0 Å². The standard InChI is InChI=1S/C22H31N7O2/c1-2-3-13-24-22-26-20(23-14-9-5-8-12-18(30)28-31)19-21(27-22)29(16-25-19)15-17-10-6-4-7-11-17/h4,6-7,10-11,16,31H,2-3,5,8-9,12-15H2,1H3,(H,28,30)(H2,23,24,26,27). The summed E-state index contributed by atoms with van der Waals surface area (Å²) in [6.45, 7) is 4.38. The van der Waals surface area contributed by atoms with Crippen LogP contribution >= 0.6 is 0 Å². The van der Waals surface area contributed by atoms with Gasteiger partial charge in [-0.2, -0.15) is 9.97 Å². The highest BCUT2D eigenvalue weighted by atomic mass is 16.5. The zero-order chi connectivity index (χ0) is 21.9. The SMILES string of the molecule is CCCCNc1nc(NCCCCCC(=O)NO)c2ncn(Cc3ccccc3)c2n1. The fourth-order valence-electron chi connectivity index (χ4n) is 3.27. The van der Waals surface area contributed by atoms with Gasteiger partial charge in [-0.05, 0) is 24.8 Å². The molecule has 2 heterocycles. The summed E-state index contributed by atoms with van der Waals surface area (Å²) in [6, 6.07) is 10.2. The zero-order valence-electron chi connectivity index (χ0n) is 18.0. The van der Waals surface area contributed by atoms with Crippen LogP contribution in [-0.2, 0) is 11.3 Å². The van der Waals surface area contributed by atoms with E-state index in [2.05, 4.69) is 39.7 Å². The molecule has 0 fully saturated rings. The summed E-state index contributed by atoms with van der Waals surface area (Å²) in [5.41, 5.74) is 4.38. The Morgan fingerprint density at radius 1 is 1.03 bits per heavy atom. The lowest BCUT2D eigenvalue weighted by atomic mass is 10.2. The number of fused-ring (bicyclic) bond motifs is 1. The first-order valence-electron chi connectivity index (χ1n) is 10.9. The Morgan fingerprint density at radius 3 is 2.61 bits per heavy atom. The molecule has 0 atom stereocenters. The minimum absolute atomic E-state index is 0.323. The van der Waals surface area contributed by atoms with Gasteiger partial charge in [-0.3, -0.25) is 10.0 Å². The molecule has 1 amide bonds. The average molecular weight is 426 g/mol. The molecule has 9 heteroatoms. The largest absolute Gasteiger partial charge is 0.368 e. The lowest BCUT2D eigenvalue weighted by Gasteiger charge is -2.11. The molecule has 0 unspecified atom stereocenters. The number of nitrogens with zero attached hydrogens (tertiary/aromatic N) is 4. The van der Waals surface area contributed by atoms with Gasteiger partial charge in [-0.25, -0.2) is 10.5 Å². The van der Waals surface area contributed by atoms with E-state index in [0.717, 1.165) is 49.8 Å². The smallest absolute Gasteiger partial charge is 0.243 e. The number of hydroxylamine groups is 1. The molecule has 0 radical (unpaired) electrons. The predicted octanol–water partition coefficient (Wildman–Crippen LogP) is 3.56. The van der Waals surface area contributed by atoms with Gasteiger partial charge in [0.2, 0.25) is 11.9 Å². The highest BCUT2D eigenvalue weighted by Gasteiger charge is 2.13. The number of aromatic nitrogens is 4. The Morgan fingerprint density at radius 2 is 1.84 bits per heavy atom. The third-order valence-corrected chi connectivity index (χ3v) is 4.97. The van der Waals surface area contributed by atoms with Crippen LogP contribution in [0.5, 0.6) is 0 Å². The van der Waals surface area contributed by atoms with Crippen molar-refractivity contribution >= 4 is 28.8 Å². The fraction of sp³-hybridized carbons (Fsp3) is 0.455. The quantitative estimate of drug-likeness (QED) is 0.188. The van der Waals surface area contributed by atoms with Crippen molar-refractivity contribution in [2.24, 2.45) is 0 Å². The van der Waals surface area contributed by atoms with E-state index >= 15 is 0 Å². The van der Waals surface area contributed by atoms with Crippen molar-refractivity contribution in [3.05, 3.63) is 42.2 Å². The van der Waals surface area contributed by atoms with E-state index in [1.807, 2.05) is 22.8 Å². The summed E-state index contributed by atoms with van der Waals surface area (Å²) < 4.78 is 2.04. The fourth-order valence-corrected chi connectivity index (χ4v) is 3.27. The molecule has 2 aromatic heterocycles. The number of imidazole rings is 1. The van der Waals surface area contributed by atoms with Crippen molar-refractivity contribution in [3.8, 4) is 0 Å². The minimum Gasteiger partial charge on any atom is -0.368 e. The van der Waals surface area contributed by atoms with E-state index in [0.29, 0.717) is 31.3 Å². The number of carbonyl (C=O) groups is 1. The molecule has 4 N–H and O–H groups in total. The van der Waals surface area contributed by atoms with E-state index in [1.165, 1.54) is 5.56 Å². The molecule has 0 aliphatic rings. The lowest BCUT2D eigenvalue weighted by Crippen LogP contribution is -2.17. The summed E-state index contributed by atoms with van der Waals surface area (Å²) in [5.74, 6) is 0.957. The van der Waals surface area contributed by atoms with Gasteiger partial charge in [-0.1, -0.05) is 50.1 Å². The molecule has 3 rings (SSSR count). The van der Waals surface area contributed by atoms with Crippen LogP contribution in [0.1, 0.15) is 51.0 Å². The second-order valence-corrected chi connectivity index (χ2v) is 7.48. The molecule has 0 spiro atoms. The average Bonchev–Trinajstić information content (AvgIpc) is 3.19. The van der Waals surface area contributed by atoms with Gasteiger partial charge in [0, 0.05) is 19.5 Å². The highest BCUT2D eigenvalue weighted by molar-refractivity contribution is 5.84. The van der Waals surface area contributed by atoms with Crippen molar-refractivity contribution in [3.63, 3.8) is 0 Å². The zero-order valence-corrected chi connectivity index (χ0v) is 18.0. The molecule has 0 aliphatic heterocycles. The first-order valence-corrected chi connectivity index (χ1v) is 10.9. The first-order chi connectivity index (χ1) is 15.2. The van der Waals surface area contributed by atoms with Crippen molar-refractivity contribution in [1.29, 1.82) is 0 Å². The third kappa shape index (κ3) is 6.65. The van der Waals surface area contributed by atoms with Crippen LogP contribution in [0.3, 0.4) is 0 Å². The predicted molar refractivity (Wildman–Crippen MR) is 121 cm³/mol. The molecule has 9 nitrogen and oxygen atoms in total. The maximum atomic E-state index is 11.1. The molecular weight excluding hydrogens is 394 g/mol. The minimum atomic E-state index is -0.350. The first kappa shape index (κ1) is 22.5. The second kappa shape index (κ2) is 11.8. The van der Waals surface area contributed by atoms with Crippen LogP contribution in [0.15, 0.2) is 36.7 Å². The van der Waals surface area contributed by atoms with Crippen LogP contribution in [0.2, 0.25) is 0 Å². The molecule has 3 aromatic rings. The van der Waals surface area contributed by atoms with Crippen molar-refractivity contribution in [2.45, 2.75) is 52.0 Å². The number of carbonyl (C=O) groups excluding carboxylic acids is 1. The number of amides is 1. The van der Waals surface area contributed by atoms with Crippen molar-refractivity contribution in [1.82, 2.24) is 25.0 Å². The summed E-state index contributed by atoms with van der Waals surface area (Å²) in [7, 11) is 0. The van der Waals surface area contributed by atoms with E-state index in [1.54, 1.807) is 11.8 Å². The monoisotopic (exact) mass is 425 g/mol. The van der Waals surface area contributed by atoms with Gasteiger partial charge in [-0.15, -0.1) is 0 Å². The molecule has 166 valence electrons. The third-order valence-electron chi connectivity index (χ3n) is 4.97. The Balaban J connectivity index is 1.71. The molecule has 0 saturated heterocycles. The van der Waals surface area contributed by atoms with E-state index in [-0.39, 0.29) is 5.91 Å². The van der Waals surface area contributed by atoms with Crippen LogP contribution in [-0.4, -0.2) is 43.7 Å². The van der Waals surface area contributed by atoms with E-state index < -0.39 is 0 Å². The van der Waals surface area contributed by atoms with Crippen molar-refractivity contribution < 1.29 is 10.0 Å². The van der Waals surface area contributed by atoms with Gasteiger partial charge in [0.25, 0.3) is 0 Å². The highest BCUT2D eigenvalue weighted by Crippen LogP contribution is 2.22. The summed E-state index contributed by atoms with van der Waals surface area (Å²) in [5, 5.41) is 15.2. The maximum absolute atomic E-state index is 11.1. The Bertz CT molecular complexity index is 959. The summed E-state index contributed by atoms with van der Waals surface area (Å²) in [6.07, 6.45) is 6.76.